The minimum atomic E-state index is -0.352. The highest BCUT2D eigenvalue weighted by Crippen LogP contribution is 2.31. The number of aromatic nitrogens is 2. The van der Waals surface area contributed by atoms with Crippen molar-refractivity contribution in [2.45, 2.75) is 47.6 Å². The van der Waals surface area contributed by atoms with Crippen molar-refractivity contribution in [3.8, 4) is 0 Å². The molecule has 1 aromatic carbocycles. The number of allylic oxidation sites excluding steroid dienone is 2. The maximum absolute atomic E-state index is 12.8. The van der Waals surface area contributed by atoms with Gasteiger partial charge in [-0.1, -0.05) is 42.5 Å². The Hall–Kier alpha value is -2.44. The predicted octanol–water partition coefficient (Wildman–Crippen LogP) is 5.25. The van der Waals surface area contributed by atoms with Crippen LogP contribution in [0.15, 0.2) is 41.5 Å². The first-order chi connectivity index (χ1) is 13.4. The monoisotopic (exact) mass is 397 g/mol. The molecule has 2 aromatic rings. The molecule has 0 saturated heterocycles. The molecule has 28 heavy (non-hydrogen) atoms. The Bertz CT molecular complexity index is 897. The molecule has 6 heteroatoms. The lowest BCUT2D eigenvalue weighted by Crippen LogP contribution is -2.17. The lowest BCUT2D eigenvalue weighted by molar-refractivity contribution is 0.101. The van der Waals surface area contributed by atoms with Crippen LogP contribution >= 0.6 is 11.8 Å². The van der Waals surface area contributed by atoms with E-state index in [1.807, 2.05) is 50.5 Å². The molecule has 1 heterocycles. The number of carbonyl (C=O) groups is 1. The van der Waals surface area contributed by atoms with Gasteiger partial charge in [-0.15, -0.1) is 0 Å². The fourth-order valence-corrected chi connectivity index (χ4v) is 3.63. The van der Waals surface area contributed by atoms with Crippen LogP contribution in [-0.2, 0) is 6.61 Å². The molecule has 0 saturated carbocycles. The van der Waals surface area contributed by atoms with E-state index in [2.05, 4.69) is 29.1 Å². The Balaban J connectivity index is 2.34. The Morgan fingerprint density at radius 2 is 1.96 bits per heavy atom. The molecule has 0 spiro atoms. The normalized spacial score (nSPS) is 12.2. The van der Waals surface area contributed by atoms with Crippen molar-refractivity contribution < 1.29 is 9.90 Å². The largest absolute Gasteiger partial charge is 0.392 e. The average molecular weight is 398 g/mol. The van der Waals surface area contributed by atoms with Crippen LogP contribution in [0.5, 0.6) is 0 Å². The van der Waals surface area contributed by atoms with Gasteiger partial charge in [-0.3, -0.25) is 4.79 Å². The molecule has 1 amide bonds. The van der Waals surface area contributed by atoms with E-state index >= 15 is 0 Å². The van der Waals surface area contributed by atoms with Gasteiger partial charge in [-0.25, -0.2) is 9.97 Å². The maximum atomic E-state index is 12.8. The molecule has 0 radical (unpaired) electrons. The van der Waals surface area contributed by atoms with E-state index in [9.17, 15) is 9.90 Å². The third kappa shape index (κ3) is 5.30. The second-order valence-electron chi connectivity index (χ2n) is 6.53. The number of benzene rings is 1. The molecule has 148 valence electrons. The number of nitrogens with one attached hydrogen (secondary N) is 1. The minimum Gasteiger partial charge on any atom is -0.392 e. The van der Waals surface area contributed by atoms with E-state index in [0.717, 1.165) is 39.4 Å². The van der Waals surface area contributed by atoms with Crippen LogP contribution in [0, 0.1) is 13.8 Å². The summed E-state index contributed by atoms with van der Waals surface area (Å²) in [6.07, 6.45) is 4.50. The van der Waals surface area contributed by atoms with Gasteiger partial charge in [0.2, 0.25) is 5.82 Å². The summed E-state index contributed by atoms with van der Waals surface area (Å²) in [7, 11) is 0. The van der Waals surface area contributed by atoms with Crippen molar-refractivity contribution in [1.82, 2.24) is 9.97 Å². The zero-order valence-corrected chi connectivity index (χ0v) is 17.9. The van der Waals surface area contributed by atoms with Gasteiger partial charge < -0.3 is 10.4 Å². The standard InChI is InChI=1S/C22H27N3O2S/c1-6-10-28-20(14(3)7-2)18-8-9-23-21(24-18)22(27)25-19-15(4)11-17(13-26)12-16(19)5/h6,8-12,26H,7,13H2,1-5H3,(H,25,27)/b10-6-,20-14?. The molecule has 0 aliphatic heterocycles. The zero-order valence-electron chi connectivity index (χ0n) is 17.0. The SMILES string of the molecule is C/C=C\SC(=C(C)CC)c1ccnc(C(=O)Nc2c(C)cc(CO)cc2C)n1. The highest BCUT2D eigenvalue weighted by atomic mass is 32.2. The minimum absolute atomic E-state index is 0.0309. The number of carbonyl (C=O) groups excluding carboxylic acids is 1. The second-order valence-corrected chi connectivity index (χ2v) is 7.45. The predicted molar refractivity (Wildman–Crippen MR) is 117 cm³/mol. The molecule has 1 aromatic heterocycles. The van der Waals surface area contributed by atoms with Gasteiger partial charge in [0.05, 0.1) is 12.3 Å². The van der Waals surface area contributed by atoms with E-state index in [1.165, 1.54) is 5.57 Å². The first-order valence-electron chi connectivity index (χ1n) is 9.24. The molecular formula is C22H27N3O2S. The van der Waals surface area contributed by atoms with Crippen LogP contribution in [0.4, 0.5) is 5.69 Å². The molecule has 5 nitrogen and oxygen atoms in total. The quantitative estimate of drug-likeness (QED) is 0.668. The molecule has 0 bridgehead atoms. The Morgan fingerprint density at radius 1 is 1.29 bits per heavy atom. The number of anilines is 1. The molecule has 0 fully saturated rings. The number of hydrogen-bond acceptors (Lipinski definition) is 5. The van der Waals surface area contributed by atoms with Gasteiger partial charge in [-0.05, 0) is 62.3 Å². The smallest absolute Gasteiger partial charge is 0.293 e. The molecule has 0 aliphatic rings. The number of hydrogen-bond donors (Lipinski definition) is 2. The molecular weight excluding hydrogens is 370 g/mol. The van der Waals surface area contributed by atoms with Crippen molar-refractivity contribution in [2.24, 2.45) is 0 Å². The molecule has 0 atom stereocenters. The van der Waals surface area contributed by atoms with Gasteiger partial charge in [0.1, 0.15) is 0 Å². The molecule has 0 unspecified atom stereocenters. The van der Waals surface area contributed by atoms with Crippen LogP contribution in [0.3, 0.4) is 0 Å². The van der Waals surface area contributed by atoms with Gasteiger partial charge in [0, 0.05) is 16.8 Å². The third-order valence-electron chi connectivity index (χ3n) is 4.34. The van der Waals surface area contributed by atoms with E-state index in [4.69, 9.17) is 0 Å². The fraction of sp³-hybridized carbons (Fsp3) is 0.318. The molecule has 2 N–H and O–H groups in total. The molecule has 2 rings (SSSR count). The number of amides is 1. The topological polar surface area (TPSA) is 75.1 Å². The lowest BCUT2D eigenvalue weighted by atomic mass is 10.0. The summed E-state index contributed by atoms with van der Waals surface area (Å²) in [4.78, 5) is 22.5. The molecule has 0 aliphatic carbocycles. The summed E-state index contributed by atoms with van der Waals surface area (Å²) in [6.45, 7) is 9.91. The van der Waals surface area contributed by atoms with Crippen molar-refractivity contribution in [3.05, 3.63) is 69.7 Å². The Kier molecular flexibility index (Phi) is 7.96. The van der Waals surface area contributed by atoms with E-state index in [0.29, 0.717) is 0 Å². The number of aliphatic hydroxyl groups is 1. The summed E-state index contributed by atoms with van der Waals surface area (Å²) in [5.74, 6) is -0.223. The summed E-state index contributed by atoms with van der Waals surface area (Å²) in [5.41, 5.74) is 5.27. The third-order valence-corrected chi connectivity index (χ3v) is 5.55. The highest BCUT2D eigenvalue weighted by Gasteiger charge is 2.15. The number of aryl methyl sites for hydroxylation is 2. The second kappa shape index (κ2) is 10.2. The van der Waals surface area contributed by atoms with Crippen molar-refractivity contribution >= 4 is 28.3 Å². The number of thioether (sulfide) groups is 1. The Morgan fingerprint density at radius 3 is 2.54 bits per heavy atom. The first-order valence-corrected chi connectivity index (χ1v) is 10.1. The summed E-state index contributed by atoms with van der Waals surface area (Å²) in [5, 5.41) is 14.2. The average Bonchev–Trinajstić information content (AvgIpc) is 2.70. The zero-order chi connectivity index (χ0) is 20.7. The fourth-order valence-electron chi connectivity index (χ4n) is 2.78. The van der Waals surface area contributed by atoms with Crippen LogP contribution in [0.1, 0.15) is 60.2 Å². The summed E-state index contributed by atoms with van der Waals surface area (Å²) >= 11 is 1.59. The van der Waals surface area contributed by atoms with Gasteiger partial charge in [-0.2, -0.15) is 0 Å². The van der Waals surface area contributed by atoms with Crippen LogP contribution in [0.2, 0.25) is 0 Å². The van der Waals surface area contributed by atoms with E-state index < -0.39 is 0 Å². The van der Waals surface area contributed by atoms with Crippen LogP contribution in [0.25, 0.3) is 4.91 Å². The van der Waals surface area contributed by atoms with Crippen molar-refractivity contribution in [3.63, 3.8) is 0 Å². The van der Waals surface area contributed by atoms with Crippen LogP contribution < -0.4 is 5.32 Å². The summed E-state index contributed by atoms with van der Waals surface area (Å²) in [6, 6.07) is 5.55. The lowest BCUT2D eigenvalue weighted by Gasteiger charge is -2.13. The number of aliphatic hydroxyl groups excluding tert-OH is 1. The maximum Gasteiger partial charge on any atom is 0.293 e. The van der Waals surface area contributed by atoms with Crippen LogP contribution in [-0.4, -0.2) is 21.0 Å². The highest BCUT2D eigenvalue weighted by molar-refractivity contribution is 8.10. The first kappa shape index (κ1) is 21.9. The number of nitrogens with zero attached hydrogens (tertiary/aromatic N) is 2. The summed E-state index contributed by atoms with van der Waals surface area (Å²) < 4.78 is 0. The van der Waals surface area contributed by atoms with Crippen molar-refractivity contribution in [2.75, 3.05) is 5.32 Å². The Labute approximate surface area is 171 Å². The van der Waals surface area contributed by atoms with Gasteiger partial charge in [0.15, 0.2) is 0 Å². The van der Waals surface area contributed by atoms with Gasteiger partial charge >= 0.3 is 0 Å². The van der Waals surface area contributed by atoms with Gasteiger partial charge in [0.25, 0.3) is 5.91 Å². The number of rotatable bonds is 7. The van der Waals surface area contributed by atoms with E-state index in [-0.39, 0.29) is 18.3 Å². The van der Waals surface area contributed by atoms with Crippen molar-refractivity contribution in [1.29, 1.82) is 0 Å². The van der Waals surface area contributed by atoms with E-state index in [1.54, 1.807) is 18.0 Å².